The van der Waals surface area contributed by atoms with Gasteiger partial charge >= 0.3 is 0 Å². The van der Waals surface area contributed by atoms with E-state index in [2.05, 4.69) is 17.1 Å². The van der Waals surface area contributed by atoms with Gasteiger partial charge in [0.25, 0.3) is 5.89 Å². The number of aromatic hydroxyl groups is 1. The maximum Gasteiger partial charge on any atom is 0.258 e. The Kier molecular flexibility index (Phi) is 3.68. The van der Waals surface area contributed by atoms with Crippen LogP contribution in [0, 0.1) is 5.92 Å². The van der Waals surface area contributed by atoms with Crippen LogP contribution in [0.25, 0.3) is 11.5 Å². The molecule has 0 atom stereocenters. The third-order valence-corrected chi connectivity index (χ3v) is 4.42. The third kappa shape index (κ3) is 2.65. The van der Waals surface area contributed by atoms with E-state index in [1.807, 2.05) is 0 Å². The van der Waals surface area contributed by atoms with Crippen molar-refractivity contribution >= 4 is 0 Å². The standard InChI is InChI=1S/C16H20N2O3/c1-11-7-9-16(20-2,10-8-11)15-17-14(21-18-15)12-3-5-13(19)6-4-12/h3-6,11,19H,7-10H2,1-2H3. The summed E-state index contributed by atoms with van der Waals surface area (Å²) in [5.41, 5.74) is 0.368. The predicted molar refractivity (Wildman–Crippen MR) is 77.7 cm³/mol. The van der Waals surface area contributed by atoms with E-state index in [9.17, 15) is 5.11 Å². The number of aromatic nitrogens is 2. The summed E-state index contributed by atoms with van der Waals surface area (Å²) < 4.78 is 11.1. The van der Waals surface area contributed by atoms with Gasteiger partial charge in [-0.25, -0.2) is 0 Å². The van der Waals surface area contributed by atoms with Crippen molar-refractivity contribution in [1.82, 2.24) is 10.1 Å². The summed E-state index contributed by atoms with van der Waals surface area (Å²) in [7, 11) is 1.71. The highest BCUT2D eigenvalue weighted by Gasteiger charge is 2.40. The summed E-state index contributed by atoms with van der Waals surface area (Å²) in [6.45, 7) is 2.26. The van der Waals surface area contributed by atoms with Gasteiger partial charge in [0, 0.05) is 12.7 Å². The molecule has 5 heteroatoms. The van der Waals surface area contributed by atoms with Gasteiger partial charge in [-0.1, -0.05) is 12.1 Å². The third-order valence-electron chi connectivity index (χ3n) is 4.42. The maximum atomic E-state index is 9.33. The number of hydrogen-bond donors (Lipinski definition) is 1. The smallest absolute Gasteiger partial charge is 0.258 e. The Morgan fingerprint density at radius 1 is 1.24 bits per heavy atom. The van der Waals surface area contributed by atoms with Crippen LogP contribution in [0.5, 0.6) is 5.75 Å². The molecule has 0 unspecified atom stereocenters. The molecule has 3 rings (SSSR count). The van der Waals surface area contributed by atoms with E-state index in [4.69, 9.17) is 9.26 Å². The quantitative estimate of drug-likeness (QED) is 0.936. The molecule has 0 bridgehead atoms. The lowest BCUT2D eigenvalue weighted by atomic mass is 9.79. The highest BCUT2D eigenvalue weighted by Crippen LogP contribution is 2.41. The average molecular weight is 288 g/mol. The number of phenolic OH excluding ortho intramolecular Hbond substituents is 1. The van der Waals surface area contributed by atoms with E-state index in [0.29, 0.717) is 11.7 Å². The first-order chi connectivity index (χ1) is 10.1. The fourth-order valence-corrected chi connectivity index (χ4v) is 2.88. The highest BCUT2D eigenvalue weighted by molar-refractivity contribution is 5.54. The van der Waals surface area contributed by atoms with Crippen molar-refractivity contribution in [3.8, 4) is 17.2 Å². The van der Waals surface area contributed by atoms with Gasteiger partial charge in [-0.05, 0) is 55.9 Å². The van der Waals surface area contributed by atoms with E-state index in [0.717, 1.165) is 37.2 Å². The number of nitrogens with zero attached hydrogens (tertiary/aromatic N) is 2. The Balaban J connectivity index is 1.88. The molecular weight excluding hydrogens is 268 g/mol. The molecule has 1 saturated carbocycles. The lowest BCUT2D eigenvalue weighted by Crippen LogP contribution is -2.34. The molecule has 112 valence electrons. The molecular formula is C16H20N2O3. The molecule has 0 radical (unpaired) electrons. The number of ether oxygens (including phenoxy) is 1. The van der Waals surface area contributed by atoms with Crippen LogP contribution in [0.1, 0.15) is 38.4 Å². The van der Waals surface area contributed by atoms with Gasteiger partial charge in [0.1, 0.15) is 11.4 Å². The van der Waals surface area contributed by atoms with Gasteiger partial charge in [0.2, 0.25) is 5.82 Å². The maximum absolute atomic E-state index is 9.33. The lowest BCUT2D eigenvalue weighted by Gasteiger charge is -2.35. The lowest BCUT2D eigenvalue weighted by molar-refractivity contribution is -0.0609. The molecule has 0 aliphatic heterocycles. The van der Waals surface area contributed by atoms with Gasteiger partial charge in [-0.3, -0.25) is 0 Å². The van der Waals surface area contributed by atoms with E-state index in [1.54, 1.807) is 31.4 Å². The normalized spacial score (nSPS) is 25.9. The summed E-state index contributed by atoms with van der Waals surface area (Å²) >= 11 is 0. The van der Waals surface area contributed by atoms with E-state index in [-0.39, 0.29) is 5.75 Å². The van der Waals surface area contributed by atoms with Crippen LogP contribution < -0.4 is 0 Å². The molecule has 1 aromatic heterocycles. The van der Waals surface area contributed by atoms with Gasteiger partial charge in [-0.2, -0.15) is 4.98 Å². The molecule has 0 spiro atoms. The summed E-state index contributed by atoms with van der Waals surface area (Å²) in [5.74, 6) is 2.02. The summed E-state index contributed by atoms with van der Waals surface area (Å²) in [6.07, 6.45) is 4.05. The molecule has 0 amide bonds. The predicted octanol–water partition coefficient (Wildman–Crippen LogP) is 3.49. The van der Waals surface area contributed by atoms with Crippen LogP contribution in [0.3, 0.4) is 0 Å². The monoisotopic (exact) mass is 288 g/mol. The van der Waals surface area contributed by atoms with E-state index >= 15 is 0 Å². The second-order valence-electron chi connectivity index (χ2n) is 5.85. The zero-order valence-electron chi connectivity index (χ0n) is 12.4. The number of phenols is 1. The van der Waals surface area contributed by atoms with E-state index in [1.165, 1.54) is 0 Å². The second kappa shape index (κ2) is 5.48. The largest absolute Gasteiger partial charge is 0.508 e. The Hall–Kier alpha value is -1.88. The number of benzene rings is 1. The molecule has 0 saturated heterocycles. The number of methoxy groups -OCH3 is 1. The van der Waals surface area contributed by atoms with Gasteiger partial charge < -0.3 is 14.4 Å². The van der Waals surface area contributed by atoms with Crippen LogP contribution in [0.2, 0.25) is 0 Å². The molecule has 21 heavy (non-hydrogen) atoms. The Morgan fingerprint density at radius 3 is 2.52 bits per heavy atom. The minimum Gasteiger partial charge on any atom is -0.508 e. The molecule has 1 aromatic carbocycles. The zero-order chi connectivity index (χ0) is 14.9. The Morgan fingerprint density at radius 2 is 1.90 bits per heavy atom. The first-order valence-electron chi connectivity index (χ1n) is 7.32. The van der Waals surface area contributed by atoms with Crippen molar-refractivity contribution in [3.05, 3.63) is 30.1 Å². The van der Waals surface area contributed by atoms with Crippen LogP contribution in [-0.4, -0.2) is 22.4 Å². The van der Waals surface area contributed by atoms with Gasteiger partial charge in [0.15, 0.2) is 0 Å². The second-order valence-corrected chi connectivity index (χ2v) is 5.85. The van der Waals surface area contributed by atoms with Crippen molar-refractivity contribution in [2.24, 2.45) is 5.92 Å². The summed E-state index contributed by atoms with van der Waals surface area (Å²) in [5, 5.41) is 13.5. The number of rotatable bonds is 3. The minimum atomic E-state index is -0.425. The molecule has 1 N–H and O–H groups in total. The Bertz CT molecular complexity index is 598. The Labute approximate surface area is 123 Å². The molecule has 1 heterocycles. The summed E-state index contributed by atoms with van der Waals surface area (Å²) in [6, 6.07) is 6.73. The van der Waals surface area contributed by atoms with Gasteiger partial charge in [0.05, 0.1) is 0 Å². The topological polar surface area (TPSA) is 68.4 Å². The summed E-state index contributed by atoms with van der Waals surface area (Å²) in [4.78, 5) is 4.52. The van der Waals surface area contributed by atoms with Crippen LogP contribution in [-0.2, 0) is 10.3 Å². The first-order valence-corrected chi connectivity index (χ1v) is 7.32. The van der Waals surface area contributed by atoms with Crippen molar-refractivity contribution in [3.63, 3.8) is 0 Å². The van der Waals surface area contributed by atoms with Crippen LogP contribution in [0.15, 0.2) is 28.8 Å². The SMILES string of the molecule is COC1(c2noc(-c3ccc(O)cc3)n2)CCC(C)CC1. The van der Waals surface area contributed by atoms with Crippen molar-refractivity contribution in [1.29, 1.82) is 0 Å². The minimum absolute atomic E-state index is 0.216. The zero-order valence-corrected chi connectivity index (χ0v) is 12.4. The van der Waals surface area contributed by atoms with Crippen LogP contribution >= 0.6 is 0 Å². The molecule has 5 nitrogen and oxygen atoms in total. The number of hydrogen-bond acceptors (Lipinski definition) is 5. The molecule has 1 fully saturated rings. The molecule has 1 aliphatic rings. The molecule has 2 aromatic rings. The van der Waals surface area contributed by atoms with E-state index < -0.39 is 5.60 Å². The average Bonchev–Trinajstić information content (AvgIpc) is 3.00. The van der Waals surface area contributed by atoms with Crippen molar-refractivity contribution in [2.75, 3.05) is 7.11 Å². The van der Waals surface area contributed by atoms with Crippen molar-refractivity contribution < 1.29 is 14.4 Å². The highest BCUT2D eigenvalue weighted by atomic mass is 16.5. The fraction of sp³-hybridized carbons (Fsp3) is 0.500. The van der Waals surface area contributed by atoms with Crippen LogP contribution in [0.4, 0.5) is 0 Å². The van der Waals surface area contributed by atoms with Crippen molar-refractivity contribution in [2.45, 2.75) is 38.2 Å². The first kappa shape index (κ1) is 14.1. The van der Waals surface area contributed by atoms with Gasteiger partial charge in [-0.15, -0.1) is 0 Å². The molecule has 1 aliphatic carbocycles. The fourth-order valence-electron chi connectivity index (χ4n) is 2.88.